The van der Waals surface area contributed by atoms with E-state index in [9.17, 15) is 9.59 Å². The normalized spacial score (nSPS) is 14.2. The summed E-state index contributed by atoms with van der Waals surface area (Å²) in [6.45, 7) is 1.28. The number of carbonyl (C=O) groups excluding carboxylic acids is 1. The van der Waals surface area contributed by atoms with Gasteiger partial charge < -0.3 is 20.5 Å². The molecule has 0 bridgehead atoms. The van der Waals surface area contributed by atoms with Crippen molar-refractivity contribution in [3.8, 4) is 0 Å². The van der Waals surface area contributed by atoms with Crippen LogP contribution in [-0.4, -0.2) is 39.2 Å². The van der Waals surface area contributed by atoms with Crippen molar-refractivity contribution in [3.05, 3.63) is 23.0 Å². The maximum absolute atomic E-state index is 11.5. The van der Waals surface area contributed by atoms with E-state index in [0.717, 1.165) is 0 Å². The first-order chi connectivity index (χ1) is 7.41. The highest BCUT2D eigenvalue weighted by atomic mass is 35.5. The maximum atomic E-state index is 11.5. The number of amides is 1. The summed E-state index contributed by atoms with van der Waals surface area (Å²) >= 11 is 5.59. The van der Waals surface area contributed by atoms with Gasteiger partial charge in [0, 0.05) is 6.20 Å². The first-order valence-corrected chi connectivity index (χ1v) is 4.85. The summed E-state index contributed by atoms with van der Waals surface area (Å²) in [5.74, 6) is -1.94. The minimum atomic E-state index is -1.35. The number of aliphatic carboxylic acids is 1. The standard InChI is InChI=1S/C9H11ClN2O4/c1-4(13)7(9(15)16)12-8(14)6-2-5(10)3-11-6/h2-4,7,11,13H,1H3,(H,12,14)(H,15,16). The molecule has 0 aliphatic heterocycles. The minimum absolute atomic E-state index is 0.136. The lowest BCUT2D eigenvalue weighted by Crippen LogP contribution is -2.47. The molecule has 0 saturated heterocycles. The minimum Gasteiger partial charge on any atom is -0.480 e. The zero-order valence-electron chi connectivity index (χ0n) is 8.40. The number of aliphatic hydroxyl groups excluding tert-OH is 1. The highest BCUT2D eigenvalue weighted by Gasteiger charge is 2.25. The fraction of sp³-hybridized carbons (Fsp3) is 0.333. The second kappa shape index (κ2) is 5.00. The molecule has 1 aromatic heterocycles. The average Bonchev–Trinajstić information content (AvgIpc) is 2.59. The van der Waals surface area contributed by atoms with E-state index >= 15 is 0 Å². The number of carboxylic acids is 1. The third kappa shape index (κ3) is 2.98. The second-order valence-corrected chi connectivity index (χ2v) is 3.70. The van der Waals surface area contributed by atoms with E-state index in [1.54, 1.807) is 0 Å². The predicted molar refractivity (Wildman–Crippen MR) is 56.4 cm³/mol. The molecule has 2 unspecified atom stereocenters. The first kappa shape index (κ1) is 12.5. The van der Waals surface area contributed by atoms with Crippen molar-refractivity contribution in [2.24, 2.45) is 0 Å². The van der Waals surface area contributed by atoms with Gasteiger partial charge in [-0.2, -0.15) is 0 Å². The molecule has 0 aliphatic carbocycles. The number of aliphatic hydroxyl groups is 1. The lowest BCUT2D eigenvalue weighted by atomic mass is 10.2. The molecule has 0 spiro atoms. The molecule has 0 aliphatic rings. The van der Waals surface area contributed by atoms with Crippen LogP contribution >= 0.6 is 11.6 Å². The second-order valence-electron chi connectivity index (χ2n) is 3.26. The average molecular weight is 247 g/mol. The number of rotatable bonds is 4. The Balaban J connectivity index is 2.73. The largest absolute Gasteiger partial charge is 0.480 e. The zero-order chi connectivity index (χ0) is 12.3. The van der Waals surface area contributed by atoms with Crippen LogP contribution in [0.15, 0.2) is 12.3 Å². The summed E-state index contributed by atoms with van der Waals surface area (Å²) in [7, 11) is 0. The Kier molecular flexibility index (Phi) is 3.92. The molecular formula is C9H11ClN2O4. The van der Waals surface area contributed by atoms with Crippen LogP contribution in [0.4, 0.5) is 0 Å². The smallest absolute Gasteiger partial charge is 0.328 e. The van der Waals surface area contributed by atoms with Crippen molar-refractivity contribution in [2.45, 2.75) is 19.1 Å². The van der Waals surface area contributed by atoms with E-state index in [2.05, 4.69) is 10.3 Å². The Bertz CT molecular complexity index is 402. The molecule has 7 heteroatoms. The summed E-state index contributed by atoms with van der Waals surface area (Å²) in [6.07, 6.45) is 0.209. The van der Waals surface area contributed by atoms with Crippen LogP contribution in [0.5, 0.6) is 0 Å². The van der Waals surface area contributed by atoms with E-state index in [1.165, 1.54) is 19.2 Å². The summed E-state index contributed by atoms with van der Waals surface area (Å²) in [6, 6.07) is 0.00672. The van der Waals surface area contributed by atoms with Gasteiger partial charge in [-0.05, 0) is 13.0 Å². The fourth-order valence-electron chi connectivity index (χ4n) is 1.11. The van der Waals surface area contributed by atoms with Gasteiger partial charge in [-0.1, -0.05) is 11.6 Å². The number of nitrogens with one attached hydrogen (secondary N) is 2. The molecule has 1 rings (SSSR count). The molecule has 16 heavy (non-hydrogen) atoms. The van der Waals surface area contributed by atoms with Gasteiger partial charge in [0.05, 0.1) is 11.1 Å². The van der Waals surface area contributed by atoms with Crippen molar-refractivity contribution in [1.82, 2.24) is 10.3 Å². The summed E-state index contributed by atoms with van der Waals surface area (Å²) < 4.78 is 0. The van der Waals surface area contributed by atoms with Crippen LogP contribution in [0.2, 0.25) is 5.02 Å². The molecule has 1 amide bonds. The van der Waals surface area contributed by atoms with E-state index in [-0.39, 0.29) is 5.69 Å². The van der Waals surface area contributed by atoms with E-state index in [4.69, 9.17) is 21.8 Å². The van der Waals surface area contributed by atoms with Crippen molar-refractivity contribution in [1.29, 1.82) is 0 Å². The third-order valence-corrected chi connectivity index (χ3v) is 2.15. The van der Waals surface area contributed by atoms with Gasteiger partial charge in [0.2, 0.25) is 0 Å². The van der Waals surface area contributed by atoms with Gasteiger partial charge in [-0.15, -0.1) is 0 Å². The SMILES string of the molecule is CC(O)C(NC(=O)c1cc(Cl)c[nH]1)C(=O)O. The van der Waals surface area contributed by atoms with Crippen LogP contribution in [0, 0.1) is 0 Å². The summed E-state index contributed by atoms with van der Waals surface area (Å²) in [4.78, 5) is 24.8. The molecule has 0 aromatic carbocycles. The lowest BCUT2D eigenvalue weighted by Gasteiger charge is -2.16. The van der Waals surface area contributed by atoms with Gasteiger partial charge in [0.15, 0.2) is 6.04 Å². The molecule has 4 N–H and O–H groups in total. The van der Waals surface area contributed by atoms with Crippen molar-refractivity contribution in [2.75, 3.05) is 0 Å². The molecule has 1 heterocycles. The molecule has 6 nitrogen and oxygen atoms in total. The first-order valence-electron chi connectivity index (χ1n) is 4.47. The number of hydrogen-bond acceptors (Lipinski definition) is 3. The highest BCUT2D eigenvalue weighted by Crippen LogP contribution is 2.09. The maximum Gasteiger partial charge on any atom is 0.328 e. The Morgan fingerprint density at radius 2 is 2.19 bits per heavy atom. The number of carbonyl (C=O) groups is 2. The quantitative estimate of drug-likeness (QED) is 0.611. The fourth-order valence-corrected chi connectivity index (χ4v) is 1.27. The Morgan fingerprint density at radius 1 is 1.56 bits per heavy atom. The molecule has 0 saturated carbocycles. The van der Waals surface area contributed by atoms with Gasteiger partial charge in [-0.3, -0.25) is 4.79 Å². The third-order valence-electron chi connectivity index (χ3n) is 1.93. The Morgan fingerprint density at radius 3 is 2.56 bits per heavy atom. The zero-order valence-corrected chi connectivity index (χ0v) is 9.15. The number of aromatic nitrogens is 1. The van der Waals surface area contributed by atoms with Crippen molar-refractivity contribution < 1.29 is 19.8 Å². The molecule has 2 atom stereocenters. The van der Waals surface area contributed by atoms with Crippen molar-refractivity contribution >= 4 is 23.5 Å². The van der Waals surface area contributed by atoms with Crippen LogP contribution in [0.25, 0.3) is 0 Å². The lowest BCUT2D eigenvalue weighted by molar-refractivity contribution is -0.141. The molecular weight excluding hydrogens is 236 g/mol. The number of aromatic amines is 1. The van der Waals surface area contributed by atoms with Crippen LogP contribution in [-0.2, 0) is 4.79 Å². The predicted octanol–water partition coefficient (Wildman–Crippen LogP) is 0.232. The van der Waals surface area contributed by atoms with E-state index in [0.29, 0.717) is 5.02 Å². The molecule has 88 valence electrons. The van der Waals surface area contributed by atoms with Crippen LogP contribution in [0.1, 0.15) is 17.4 Å². The summed E-state index contributed by atoms with van der Waals surface area (Å²) in [5.41, 5.74) is 0.136. The van der Waals surface area contributed by atoms with Gasteiger partial charge in [0.1, 0.15) is 5.69 Å². The summed E-state index contributed by atoms with van der Waals surface area (Å²) in [5, 5.41) is 20.4. The monoisotopic (exact) mass is 246 g/mol. The van der Waals surface area contributed by atoms with Crippen LogP contribution in [0.3, 0.4) is 0 Å². The molecule has 0 fully saturated rings. The van der Waals surface area contributed by atoms with E-state index in [1.807, 2.05) is 0 Å². The number of halogens is 1. The van der Waals surface area contributed by atoms with Gasteiger partial charge >= 0.3 is 5.97 Å². The Hall–Kier alpha value is -1.53. The number of carboxylic acid groups (broad SMARTS) is 1. The number of hydrogen-bond donors (Lipinski definition) is 4. The van der Waals surface area contributed by atoms with E-state index < -0.39 is 24.0 Å². The van der Waals surface area contributed by atoms with Gasteiger partial charge in [0.25, 0.3) is 5.91 Å². The highest BCUT2D eigenvalue weighted by molar-refractivity contribution is 6.30. The topological polar surface area (TPSA) is 102 Å². The van der Waals surface area contributed by atoms with Gasteiger partial charge in [-0.25, -0.2) is 4.79 Å². The number of H-pyrrole nitrogens is 1. The molecule has 0 radical (unpaired) electrons. The Labute approximate surface area is 96.2 Å². The molecule has 1 aromatic rings. The van der Waals surface area contributed by atoms with Crippen molar-refractivity contribution in [3.63, 3.8) is 0 Å². The van der Waals surface area contributed by atoms with Crippen LogP contribution < -0.4 is 5.32 Å².